The van der Waals surface area contributed by atoms with Gasteiger partial charge in [-0.05, 0) is 20.3 Å². The molecular weight excluding hydrogens is 440 g/mol. The first-order valence-electron chi connectivity index (χ1n) is 12.6. The van der Waals surface area contributed by atoms with Crippen LogP contribution in [0.5, 0.6) is 0 Å². The molecule has 0 aromatic rings. The molecule has 33 heavy (non-hydrogen) atoms. The molecule has 0 aromatic heterocycles. The monoisotopic (exact) mass is 484 g/mol. The lowest BCUT2D eigenvalue weighted by Gasteiger charge is -2.22. The van der Waals surface area contributed by atoms with Crippen LogP contribution in [-0.2, 0) is 19.1 Å². The van der Waals surface area contributed by atoms with E-state index in [0.29, 0.717) is 6.42 Å². The third kappa shape index (κ3) is 15.2. The molecule has 0 aliphatic carbocycles. The Morgan fingerprint density at radius 3 is 1.42 bits per heavy atom. The van der Waals surface area contributed by atoms with Gasteiger partial charge in [0.2, 0.25) is 0 Å². The Morgan fingerprint density at radius 2 is 1.03 bits per heavy atom. The predicted octanol–water partition coefficient (Wildman–Crippen LogP) is 7.87. The van der Waals surface area contributed by atoms with Gasteiger partial charge >= 0.3 is 24.3 Å². The largest absolute Gasteiger partial charge is 0.465 e. The Balaban J connectivity index is 3.70. The number of hydrogen-bond acceptors (Lipinski definition) is 4. The van der Waals surface area contributed by atoms with Crippen LogP contribution in [0.3, 0.4) is 0 Å². The lowest BCUT2D eigenvalue weighted by atomic mass is 9.94. The number of alkyl halides is 4. The van der Waals surface area contributed by atoms with Crippen LogP contribution in [0.1, 0.15) is 117 Å². The molecule has 0 saturated heterocycles. The lowest BCUT2D eigenvalue weighted by molar-refractivity contribution is -0.190. The van der Waals surface area contributed by atoms with Crippen molar-refractivity contribution in [3.8, 4) is 0 Å². The van der Waals surface area contributed by atoms with Crippen LogP contribution in [-0.4, -0.2) is 37.5 Å². The molecule has 0 unspecified atom stereocenters. The van der Waals surface area contributed by atoms with Gasteiger partial charge in [-0.3, -0.25) is 9.59 Å². The fourth-order valence-corrected chi connectivity index (χ4v) is 3.31. The number of halogens is 4. The molecular formula is C25H44F4O4. The number of esters is 2. The van der Waals surface area contributed by atoms with Crippen LogP contribution in [0.25, 0.3) is 0 Å². The third-order valence-corrected chi connectivity index (χ3v) is 5.72. The molecule has 0 bridgehead atoms. The molecule has 0 amide bonds. The van der Waals surface area contributed by atoms with Crippen LogP contribution < -0.4 is 0 Å². The van der Waals surface area contributed by atoms with E-state index in [2.05, 4.69) is 11.7 Å². The van der Waals surface area contributed by atoms with Gasteiger partial charge < -0.3 is 9.47 Å². The second-order valence-corrected chi connectivity index (χ2v) is 9.35. The van der Waals surface area contributed by atoms with Crippen molar-refractivity contribution in [2.75, 3.05) is 13.2 Å². The molecule has 0 aliphatic rings. The predicted molar refractivity (Wildman–Crippen MR) is 122 cm³/mol. The van der Waals surface area contributed by atoms with E-state index in [4.69, 9.17) is 4.74 Å². The van der Waals surface area contributed by atoms with Gasteiger partial charge in [-0.2, -0.15) is 8.78 Å². The summed E-state index contributed by atoms with van der Waals surface area (Å²) in [5.74, 6) is -6.69. The zero-order valence-corrected chi connectivity index (χ0v) is 20.7. The molecule has 0 radical (unpaired) electrons. The molecule has 0 atom stereocenters. The number of hydrogen-bond donors (Lipinski definition) is 0. The van der Waals surface area contributed by atoms with E-state index in [-0.39, 0.29) is 6.61 Å². The van der Waals surface area contributed by atoms with Crippen LogP contribution in [0.15, 0.2) is 0 Å². The Kier molecular flexibility index (Phi) is 17.3. The molecule has 0 spiro atoms. The molecule has 0 heterocycles. The van der Waals surface area contributed by atoms with Gasteiger partial charge in [-0.15, -0.1) is 0 Å². The first-order valence-corrected chi connectivity index (χ1v) is 12.6. The standard InChI is InChI=1S/C25H44F4O4/c1-4-5-6-7-8-9-10-11-12-13-14-15-16-17-18-19-32-22(30)24(2,3)23(31)33-20-25(28,29)21(26)27/h21H,4-20H2,1-3H3. The molecule has 0 fully saturated rings. The third-order valence-electron chi connectivity index (χ3n) is 5.72. The maximum atomic E-state index is 12.9. The van der Waals surface area contributed by atoms with E-state index in [9.17, 15) is 27.2 Å². The van der Waals surface area contributed by atoms with Crippen molar-refractivity contribution in [2.45, 2.75) is 129 Å². The average molecular weight is 485 g/mol. The minimum absolute atomic E-state index is 0.112. The second kappa shape index (κ2) is 18.0. The first-order chi connectivity index (χ1) is 15.6. The van der Waals surface area contributed by atoms with Gasteiger partial charge in [0.05, 0.1) is 6.61 Å². The van der Waals surface area contributed by atoms with Gasteiger partial charge in [0, 0.05) is 0 Å². The van der Waals surface area contributed by atoms with E-state index >= 15 is 0 Å². The summed E-state index contributed by atoms with van der Waals surface area (Å²) in [5, 5.41) is 0. The molecule has 0 rings (SSSR count). The molecule has 0 aliphatic heterocycles. The summed E-state index contributed by atoms with van der Waals surface area (Å²) < 4.78 is 59.3. The van der Waals surface area contributed by atoms with Crippen molar-refractivity contribution in [1.82, 2.24) is 0 Å². The lowest BCUT2D eigenvalue weighted by Crippen LogP contribution is -2.40. The number of carbonyl (C=O) groups excluding carboxylic acids is 2. The number of carbonyl (C=O) groups is 2. The summed E-state index contributed by atoms with van der Waals surface area (Å²) in [4.78, 5) is 23.9. The molecule has 0 saturated carbocycles. The normalized spacial score (nSPS) is 12.2. The van der Waals surface area contributed by atoms with Crippen molar-refractivity contribution in [1.29, 1.82) is 0 Å². The summed E-state index contributed by atoms with van der Waals surface area (Å²) in [5.41, 5.74) is -1.84. The molecule has 196 valence electrons. The first kappa shape index (κ1) is 31.7. The van der Waals surface area contributed by atoms with E-state index in [1.807, 2.05) is 0 Å². The fraction of sp³-hybridized carbons (Fsp3) is 0.920. The highest BCUT2D eigenvalue weighted by Gasteiger charge is 2.45. The minimum atomic E-state index is -4.45. The van der Waals surface area contributed by atoms with Crippen molar-refractivity contribution >= 4 is 11.9 Å². The quantitative estimate of drug-likeness (QED) is 0.0720. The molecule has 8 heteroatoms. The van der Waals surface area contributed by atoms with Crippen molar-refractivity contribution in [3.63, 3.8) is 0 Å². The van der Waals surface area contributed by atoms with E-state index in [1.54, 1.807) is 0 Å². The zero-order chi connectivity index (χ0) is 25.2. The summed E-state index contributed by atoms with van der Waals surface area (Å²) in [6.45, 7) is 2.88. The Morgan fingerprint density at radius 1 is 0.667 bits per heavy atom. The van der Waals surface area contributed by atoms with Gasteiger partial charge in [0.1, 0.15) is 0 Å². The molecule has 0 N–H and O–H groups in total. The second-order valence-electron chi connectivity index (χ2n) is 9.35. The van der Waals surface area contributed by atoms with Gasteiger partial charge in [-0.1, -0.05) is 96.8 Å². The topological polar surface area (TPSA) is 52.6 Å². The van der Waals surface area contributed by atoms with Crippen molar-refractivity contribution < 1.29 is 36.6 Å². The van der Waals surface area contributed by atoms with Gasteiger partial charge in [0.25, 0.3) is 0 Å². The van der Waals surface area contributed by atoms with E-state index < -0.39 is 36.3 Å². The van der Waals surface area contributed by atoms with Gasteiger partial charge in [-0.25, -0.2) is 8.78 Å². The summed E-state index contributed by atoms with van der Waals surface area (Å²) in [7, 11) is 0. The van der Waals surface area contributed by atoms with Crippen LogP contribution in [0.4, 0.5) is 17.6 Å². The SMILES string of the molecule is CCCCCCCCCCCCCCCCCOC(=O)C(C)(C)C(=O)OCC(F)(F)C(F)F. The summed E-state index contributed by atoms with van der Waals surface area (Å²) in [6, 6.07) is 0. The maximum absolute atomic E-state index is 12.9. The highest BCUT2D eigenvalue weighted by Crippen LogP contribution is 2.26. The van der Waals surface area contributed by atoms with Crippen LogP contribution >= 0.6 is 0 Å². The summed E-state index contributed by atoms with van der Waals surface area (Å²) in [6.07, 6.45) is 14.2. The number of ether oxygens (including phenoxy) is 2. The van der Waals surface area contributed by atoms with Gasteiger partial charge in [0.15, 0.2) is 12.0 Å². The van der Waals surface area contributed by atoms with Crippen LogP contribution in [0.2, 0.25) is 0 Å². The van der Waals surface area contributed by atoms with E-state index in [1.165, 1.54) is 70.6 Å². The summed E-state index contributed by atoms with van der Waals surface area (Å²) >= 11 is 0. The number of rotatable bonds is 21. The smallest absolute Gasteiger partial charge is 0.340 e. The van der Waals surface area contributed by atoms with Crippen molar-refractivity contribution in [3.05, 3.63) is 0 Å². The fourth-order valence-electron chi connectivity index (χ4n) is 3.31. The highest BCUT2D eigenvalue weighted by molar-refractivity contribution is 5.99. The maximum Gasteiger partial charge on any atom is 0.340 e. The average Bonchev–Trinajstić information content (AvgIpc) is 2.76. The molecule has 4 nitrogen and oxygen atoms in total. The minimum Gasteiger partial charge on any atom is -0.465 e. The van der Waals surface area contributed by atoms with Crippen LogP contribution in [0, 0.1) is 5.41 Å². The van der Waals surface area contributed by atoms with Crippen molar-refractivity contribution in [2.24, 2.45) is 5.41 Å². The number of unbranched alkanes of at least 4 members (excludes halogenated alkanes) is 14. The zero-order valence-electron chi connectivity index (χ0n) is 20.7. The Bertz CT molecular complexity index is 525. The Hall–Kier alpha value is -1.34. The van der Waals surface area contributed by atoms with E-state index in [0.717, 1.165) is 33.1 Å². The highest BCUT2D eigenvalue weighted by atomic mass is 19.3. The Labute approximate surface area is 197 Å². The molecule has 0 aromatic carbocycles.